The Labute approximate surface area is 128 Å². The van der Waals surface area contributed by atoms with E-state index >= 15 is 0 Å². The van der Waals surface area contributed by atoms with Crippen LogP contribution in [-0.4, -0.2) is 15.6 Å². The molecule has 1 aliphatic rings. The molecule has 3 heteroatoms. The summed E-state index contributed by atoms with van der Waals surface area (Å²) >= 11 is 0. The van der Waals surface area contributed by atoms with Crippen LogP contribution in [0.5, 0.6) is 0 Å². The van der Waals surface area contributed by atoms with E-state index in [-0.39, 0.29) is 5.78 Å². The number of benzene rings is 2. The first-order valence-corrected chi connectivity index (χ1v) is 7.25. The van der Waals surface area contributed by atoms with E-state index in [1.54, 1.807) is 6.20 Å². The molecule has 0 radical (unpaired) electrons. The fraction of sp³-hybridized carbons (Fsp3) is 0.0526. The zero-order valence-electron chi connectivity index (χ0n) is 11.9. The zero-order valence-corrected chi connectivity index (χ0v) is 11.9. The Bertz CT molecular complexity index is 876. The lowest BCUT2D eigenvalue weighted by atomic mass is 10.1. The molecule has 0 fully saturated rings. The Morgan fingerprint density at radius 1 is 1.00 bits per heavy atom. The first-order chi connectivity index (χ1) is 10.8. The molecular formula is C19H14N2O. The van der Waals surface area contributed by atoms with Crippen LogP contribution in [0.4, 0.5) is 0 Å². The average molecular weight is 286 g/mol. The summed E-state index contributed by atoms with van der Waals surface area (Å²) in [6.45, 7) is 0. The van der Waals surface area contributed by atoms with Crippen molar-refractivity contribution in [2.45, 2.75) is 6.42 Å². The lowest BCUT2D eigenvalue weighted by Crippen LogP contribution is -1.99. The van der Waals surface area contributed by atoms with Crippen molar-refractivity contribution in [3.63, 3.8) is 0 Å². The van der Waals surface area contributed by atoms with E-state index in [1.807, 2.05) is 71.6 Å². The molecule has 2 aromatic carbocycles. The van der Waals surface area contributed by atoms with Gasteiger partial charge in [0.15, 0.2) is 5.78 Å². The summed E-state index contributed by atoms with van der Waals surface area (Å²) in [6, 6.07) is 17.7. The molecule has 3 aromatic rings. The van der Waals surface area contributed by atoms with Gasteiger partial charge >= 0.3 is 0 Å². The minimum Gasteiger partial charge on any atom is -0.289 e. The number of carbonyl (C=O) groups excluding carboxylic acids is 1. The molecule has 0 saturated carbocycles. The van der Waals surface area contributed by atoms with Crippen LogP contribution in [0.2, 0.25) is 0 Å². The van der Waals surface area contributed by atoms with Crippen molar-refractivity contribution in [3.05, 3.63) is 89.3 Å². The molecule has 22 heavy (non-hydrogen) atoms. The van der Waals surface area contributed by atoms with Gasteiger partial charge < -0.3 is 0 Å². The van der Waals surface area contributed by atoms with E-state index < -0.39 is 0 Å². The highest BCUT2D eigenvalue weighted by Gasteiger charge is 2.24. The molecule has 1 aromatic heterocycles. The van der Waals surface area contributed by atoms with Crippen LogP contribution in [0.3, 0.4) is 0 Å². The Hall–Kier alpha value is -2.94. The van der Waals surface area contributed by atoms with Crippen LogP contribution in [0.1, 0.15) is 21.5 Å². The number of hydrogen-bond acceptors (Lipinski definition) is 2. The molecule has 1 aliphatic carbocycles. The molecule has 0 saturated heterocycles. The summed E-state index contributed by atoms with van der Waals surface area (Å²) in [7, 11) is 0. The monoisotopic (exact) mass is 286 g/mol. The normalized spacial score (nSPS) is 15.3. The van der Waals surface area contributed by atoms with Gasteiger partial charge in [0.05, 0.1) is 5.69 Å². The molecule has 1 heterocycles. The molecule has 0 aliphatic heterocycles. The second-order valence-electron chi connectivity index (χ2n) is 5.34. The number of Topliss-reactive ketones (excluding diaryl/α,β-unsaturated/α-hetero) is 1. The van der Waals surface area contributed by atoms with Gasteiger partial charge in [0.25, 0.3) is 0 Å². The third-order valence-corrected chi connectivity index (χ3v) is 3.95. The van der Waals surface area contributed by atoms with E-state index in [9.17, 15) is 4.79 Å². The second-order valence-corrected chi connectivity index (χ2v) is 5.34. The van der Waals surface area contributed by atoms with Gasteiger partial charge in [-0.1, -0.05) is 42.5 Å². The molecule has 106 valence electrons. The number of ketones is 1. The maximum Gasteiger partial charge on any atom is 0.189 e. The Morgan fingerprint density at radius 2 is 1.82 bits per heavy atom. The van der Waals surface area contributed by atoms with E-state index in [1.165, 1.54) is 0 Å². The summed E-state index contributed by atoms with van der Waals surface area (Å²) in [4.78, 5) is 12.5. The number of allylic oxidation sites excluding steroid dienone is 1. The highest BCUT2D eigenvalue weighted by molar-refractivity contribution is 6.15. The zero-order chi connectivity index (χ0) is 14.9. The summed E-state index contributed by atoms with van der Waals surface area (Å²) in [5.41, 5.74) is 4.74. The average Bonchev–Trinajstić information content (AvgIpc) is 3.18. The van der Waals surface area contributed by atoms with Gasteiger partial charge in [-0.3, -0.25) is 4.79 Å². The van der Waals surface area contributed by atoms with E-state index in [2.05, 4.69) is 5.10 Å². The molecule has 4 rings (SSSR count). The summed E-state index contributed by atoms with van der Waals surface area (Å²) in [5, 5.41) is 4.28. The number of para-hydroxylation sites is 1. The minimum absolute atomic E-state index is 0.130. The molecule has 0 bridgehead atoms. The van der Waals surface area contributed by atoms with Crippen molar-refractivity contribution >= 4 is 11.9 Å². The van der Waals surface area contributed by atoms with Crippen LogP contribution in [0.15, 0.2) is 72.6 Å². The van der Waals surface area contributed by atoms with Gasteiger partial charge in [0, 0.05) is 35.5 Å². The predicted octanol–water partition coefficient (Wildman–Crippen LogP) is 3.69. The molecule has 0 atom stereocenters. The van der Waals surface area contributed by atoms with Gasteiger partial charge in [-0.25, -0.2) is 4.68 Å². The van der Waals surface area contributed by atoms with Crippen molar-refractivity contribution in [3.8, 4) is 5.69 Å². The smallest absolute Gasteiger partial charge is 0.189 e. The molecule has 0 spiro atoms. The number of fused-ring (bicyclic) bond motifs is 1. The third kappa shape index (κ3) is 2.07. The van der Waals surface area contributed by atoms with Crippen LogP contribution < -0.4 is 0 Å². The molecule has 0 N–H and O–H groups in total. The van der Waals surface area contributed by atoms with Crippen molar-refractivity contribution in [2.75, 3.05) is 0 Å². The van der Waals surface area contributed by atoms with Gasteiger partial charge in [-0.2, -0.15) is 5.10 Å². The third-order valence-electron chi connectivity index (χ3n) is 3.95. The number of aromatic nitrogens is 2. The molecule has 0 amide bonds. The first kappa shape index (κ1) is 12.8. The fourth-order valence-corrected chi connectivity index (χ4v) is 2.89. The summed E-state index contributed by atoms with van der Waals surface area (Å²) < 4.78 is 1.82. The summed E-state index contributed by atoms with van der Waals surface area (Å²) in [5.74, 6) is 0.130. The van der Waals surface area contributed by atoms with E-state index in [0.717, 1.165) is 28.0 Å². The van der Waals surface area contributed by atoms with Crippen molar-refractivity contribution in [1.29, 1.82) is 0 Å². The van der Waals surface area contributed by atoms with E-state index in [4.69, 9.17) is 0 Å². The largest absolute Gasteiger partial charge is 0.289 e. The van der Waals surface area contributed by atoms with Crippen molar-refractivity contribution in [2.24, 2.45) is 0 Å². The summed E-state index contributed by atoms with van der Waals surface area (Å²) in [6.07, 6.45) is 6.34. The molecular weight excluding hydrogens is 272 g/mol. The maximum atomic E-state index is 12.5. The van der Waals surface area contributed by atoms with Crippen LogP contribution in [0.25, 0.3) is 11.8 Å². The number of rotatable bonds is 2. The van der Waals surface area contributed by atoms with Gasteiger partial charge in [-0.05, 0) is 23.8 Å². The SMILES string of the molecule is O=C1/C(=C/c2ccccc2-n2cccn2)Cc2ccccc21. The lowest BCUT2D eigenvalue weighted by Gasteiger charge is -2.06. The second kappa shape index (κ2) is 5.11. The van der Waals surface area contributed by atoms with Crippen LogP contribution >= 0.6 is 0 Å². The van der Waals surface area contributed by atoms with Crippen molar-refractivity contribution in [1.82, 2.24) is 9.78 Å². The highest BCUT2D eigenvalue weighted by atomic mass is 16.1. The predicted molar refractivity (Wildman–Crippen MR) is 86.0 cm³/mol. The lowest BCUT2D eigenvalue weighted by molar-refractivity contribution is 0.104. The van der Waals surface area contributed by atoms with Gasteiger partial charge in [0.1, 0.15) is 0 Å². The standard InChI is InChI=1S/C19H14N2O/c22-19-16(12-14-6-1-3-8-17(14)19)13-15-7-2-4-9-18(15)21-11-5-10-20-21/h1-11,13H,12H2/b16-13+. The highest BCUT2D eigenvalue weighted by Crippen LogP contribution is 2.28. The Morgan fingerprint density at radius 3 is 2.64 bits per heavy atom. The fourth-order valence-electron chi connectivity index (χ4n) is 2.89. The first-order valence-electron chi connectivity index (χ1n) is 7.25. The van der Waals surface area contributed by atoms with Gasteiger partial charge in [0.2, 0.25) is 0 Å². The Balaban J connectivity index is 1.78. The topological polar surface area (TPSA) is 34.9 Å². The number of nitrogens with zero attached hydrogens (tertiary/aromatic N) is 2. The van der Waals surface area contributed by atoms with Crippen LogP contribution in [-0.2, 0) is 6.42 Å². The number of carbonyl (C=O) groups is 1. The van der Waals surface area contributed by atoms with Crippen molar-refractivity contribution < 1.29 is 4.79 Å². The van der Waals surface area contributed by atoms with Crippen LogP contribution in [0, 0.1) is 0 Å². The molecule has 3 nitrogen and oxygen atoms in total. The molecule has 0 unspecified atom stereocenters. The Kier molecular flexibility index (Phi) is 2.97. The maximum absolute atomic E-state index is 12.5. The van der Waals surface area contributed by atoms with E-state index in [0.29, 0.717) is 6.42 Å². The van der Waals surface area contributed by atoms with Gasteiger partial charge in [-0.15, -0.1) is 0 Å². The number of hydrogen-bond donors (Lipinski definition) is 0. The minimum atomic E-state index is 0.130. The quantitative estimate of drug-likeness (QED) is 0.673.